The van der Waals surface area contributed by atoms with Crippen molar-refractivity contribution < 1.29 is 18.3 Å². The van der Waals surface area contributed by atoms with Gasteiger partial charge in [-0.2, -0.15) is 13.2 Å². The lowest BCUT2D eigenvalue weighted by Crippen LogP contribution is -2.41. The first-order valence-electron chi connectivity index (χ1n) is 5.96. The maximum Gasteiger partial charge on any atom is 0.394 e. The Morgan fingerprint density at radius 1 is 1.35 bits per heavy atom. The van der Waals surface area contributed by atoms with Crippen LogP contribution in [0, 0.1) is 5.92 Å². The maximum atomic E-state index is 12.6. The molecular formula is C11H21F3N2O. The van der Waals surface area contributed by atoms with E-state index in [2.05, 4.69) is 0 Å². The quantitative estimate of drug-likeness (QED) is 0.799. The molecule has 1 fully saturated rings. The molecule has 1 saturated heterocycles. The Kier molecular flexibility index (Phi) is 4.80. The Labute approximate surface area is 99.8 Å². The first-order valence-corrected chi connectivity index (χ1v) is 5.96. The largest absolute Gasteiger partial charge is 0.394 e. The highest BCUT2D eigenvalue weighted by Gasteiger charge is 2.39. The van der Waals surface area contributed by atoms with E-state index in [-0.39, 0.29) is 13.1 Å². The second-order valence-corrected chi connectivity index (χ2v) is 5.13. The third kappa shape index (κ3) is 4.81. The lowest BCUT2D eigenvalue weighted by Gasteiger charge is -2.27. The van der Waals surface area contributed by atoms with Gasteiger partial charge in [0.1, 0.15) is 0 Å². The Morgan fingerprint density at radius 3 is 2.53 bits per heavy atom. The minimum absolute atomic E-state index is 0.0594. The molecule has 0 radical (unpaired) electrons. The molecule has 102 valence electrons. The highest BCUT2D eigenvalue weighted by molar-refractivity contribution is 4.81. The van der Waals surface area contributed by atoms with E-state index in [0.717, 1.165) is 6.42 Å². The third-order valence-electron chi connectivity index (χ3n) is 3.38. The summed E-state index contributed by atoms with van der Waals surface area (Å²) in [7, 11) is 0. The Balaban J connectivity index is 2.51. The van der Waals surface area contributed by atoms with E-state index in [0.29, 0.717) is 25.9 Å². The molecule has 3 nitrogen and oxygen atoms in total. The van der Waals surface area contributed by atoms with Crippen molar-refractivity contribution in [3.05, 3.63) is 0 Å². The van der Waals surface area contributed by atoms with Gasteiger partial charge in [-0.05, 0) is 32.7 Å². The lowest BCUT2D eigenvalue weighted by atomic mass is 9.98. The molecule has 3 N–H and O–H groups in total. The van der Waals surface area contributed by atoms with Gasteiger partial charge in [-0.1, -0.05) is 0 Å². The highest BCUT2D eigenvalue weighted by atomic mass is 19.4. The van der Waals surface area contributed by atoms with Crippen molar-refractivity contribution in [1.82, 2.24) is 4.90 Å². The number of hydrogen-bond donors (Lipinski definition) is 2. The SMILES string of the molecule is CC1(O)CCCN(CC(CN)C(F)(F)F)CC1. The van der Waals surface area contributed by atoms with Gasteiger partial charge in [0.05, 0.1) is 11.5 Å². The fraction of sp³-hybridized carbons (Fsp3) is 1.00. The molecule has 1 heterocycles. The Bertz CT molecular complexity index is 243. The average Bonchev–Trinajstić information content (AvgIpc) is 2.34. The van der Waals surface area contributed by atoms with E-state index in [1.165, 1.54) is 0 Å². The van der Waals surface area contributed by atoms with Crippen molar-refractivity contribution in [2.24, 2.45) is 11.7 Å². The van der Waals surface area contributed by atoms with Crippen LogP contribution in [0.15, 0.2) is 0 Å². The standard InChI is InChI=1S/C11H21F3N2O/c1-10(17)3-2-5-16(6-4-10)8-9(7-15)11(12,13)14/h9,17H,2-8,15H2,1H3. The fourth-order valence-corrected chi connectivity index (χ4v) is 2.13. The van der Waals surface area contributed by atoms with Crippen molar-refractivity contribution in [3.63, 3.8) is 0 Å². The molecule has 1 aliphatic rings. The van der Waals surface area contributed by atoms with Gasteiger partial charge in [0, 0.05) is 19.6 Å². The molecular weight excluding hydrogens is 233 g/mol. The number of nitrogens with two attached hydrogens (primary N) is 1. The van der Waals surface area contributed by atoms with E-state index < -0.39 is 17.7 Å². The summed E-state index contributed by atoms with van der Waals surface area (Å²) in [5.74, 6) is -1.47. The molecule has 1 aliphatic heterocycles. The number of hydrogen-bond acceptors (Lipinski definition) is 3. The molecule has 6 heteroatoms. The van der Waals surface area contributed by atoms with Crippen LogP contribution in [0.5, 0.6) is 0 Å². The van der Waals surface area contributed by atoms with Crippen LogP contribution in [0.2, 0.25) is 0 Å². The summed E-state index contributed by atoms with van der Waals surface area (Å²) in [5.41, 5.74) is 4.43. The molecule has 0 saturated carbocycles. The fourth-order valence-electron chi connectivity index (χ4n) is 2.13. The van der Waals surface area contributed by atoms with Crippen LogP contribution in [0.25, 0.3) is 0 Å². The van der Waals surface area contributed by atoms with Crippen LogP contribution in [-0.4, -0.2) is 48.0 Å². The predicted octanol–water partition coefficient (Wildman–Crippen LogP) is 1.36. The Morgan fingerprint density at radius 2 is 2.00 bits per heavy atom. The van der Waals surface area contributed by atoms with Gasteiger partial charge in [0.2, 0.25) is 0 Å². The summed E-state index contributed by atoms with van der Waals surface area (Å²) in [4.78, 5) is 1.76. The zero-order chi connectivity index (χ0) is 13.1. The molecule has 0 spiro atoms. The monoisotopic (exact) mass is 254 g/mol. The zero-order valence-corrected chi connectivity index (χ0v) is 10.1. The maximum absolute atomic E-state index is 12.6. The zero-order valence-electron chi connectivity index (χ0n) is 10.1. The Hall–Kier alpha value is -0.330. The van der Waals surface area contributed by atoms with Crippen LogP contribution < -0.4 is 5.73 Å². The number of likely N-dealkylation sites (tertiary alicyclic amines) is 1. The number of halogens is 3. The first kappa shape index (κ1) is 14.7. The molecule has 0 aromatic heterocycles. The molecule has 1 rings (SSSR count). The molecule has 0 aromatic rings. The number of rotatable bonds is 3. The van der Waals surface area contributed by atoms with E-state index >= 15 is 0 Å². The van der Waals surface area contributed by atoms with E-state index in [4.69, 9.17) is 5.73 Å². The molecule has 0 bridgehead atoms. The van der Waals surface area contributed by atoms with E-state index in [1.807, 2.05) is 0 Å². The molecule has 0 amide bonds. The number of aliphatic hydroxyl groups is 1. The van der Waals surface area contributed by atoms with Crippen molar-refractivity contribution in [2.75, 3.05) is 26.2 Å². The predicted molar refractivity (Wildman–Crippen MR) is 59.5 cm³/mol. The van der Waals surface area contributed by atoms with Crippen LogP contribution >= 0.6 is 0 Å². The van der Waals surface area contributed by atoms with Gasteiger partial charge in [-0.25, -0.2) is 0 Å². The first-order chi connectivity index (χ1) is 7.74. The van der Waals surface area contributed by atoms with Gasteiger partial charge in [-0.15, -0.1) is 0 Å². The average molecular weight is 254 g/mol. The van der Waals surface area contributed by atoms with Gasteiger partial charge in [-0.3, -0.25) is 0 Å². The second-order valence-electron chi connectivity index (χ2n) is 5.13. The van der Waals surface area contributed by atoms with Crippen molar-refractivity contribution >= 4 is 0 Å². The molecule has 2 atom stereocenters. The van der Waals surface area contributed by atoms with Gasteiger partial charge >= 0.3 is 6.18 Å². The highest BCUT2D eigenvalue weighted by Crippen LogP contribution is 2.28. The minimum atomic E-state index is -4.23. The molecule has 17 heavy (non-hydrogen) atoms. The number of nitrogens with zero attached hydrogens (tertiary/aromatic N) is 1. The molecule has 0 aromatic carbocycles. The molecule has 0 aliphatic carbocycles. The van der Waals surface area contributed by atoms with Crippen molar-refractivity contribution in [3.8, 4) is 0 Å². The third-order valence-corrected chi connectivity index (χ3v) is 3.38. The van der Waals surface area contributed by atoms with Gasteiger partial charge < -0.3 is 15.7 Å². The van der Waals surface area contributed by atoms with Crippen molar-refractivity contribution in [1.29, 1.82) is 0 Å². The normalized spacial score (nSPS) is 30.0. The van der Waals surface area contributed by atoms with E-state index in [9.17, 15) is 18.3 Å². The summed E-state index contributed by atoms with van der Waals surface area (Å²) < 4.78 is 37.7. The minimum Gasteiger partial charge on any atom is -0.390 e. The lowest BCUT2D eigenvalue weighted by molar-refractivity contribution is -0.176. The van der Waals surface area contributed by atoms with E-state index in [1.54, 1.807) is 11.8 Å². The van der Waals surface area contributed by atoms with Crippen LogP contribution in [0.4, 0.5) is 13.2 Å². The summed E-state index contributed by atoms with van der Waals surface area (Å²) in [6.07, 6.45) is -2.35. The number of alkyl halides is 3. The van der Waals surface area contributed by atoms with Crippen LogP contribution in [0.1, 0.15) is 26.2 Å². The van der Waals surface area contributed by atoms with Crippen LogP contribution in [0.3, 0.4) is 0 Å². The summed E-state index contributed by atoms with van der Waals surface area (Å²) in [5, 5.41) is 9.85. The summed E-state index contributed by atoms with van der Waals surface area (Å²) in [6, 6.07) is 0. The van der Waals surface area contributed by atoms with Crippen molar-refractivity contribution in [2.45, 2.75) is 38.0 Å². The van der Waals surface area contributed by atoms with Crippen LogP contribution in [-0.2, 0) is 0 Å². The molecule has 2 unspecified atom stereocenters. The smallest absolute Gasteiger partial charge is 0.390 e. The summed E-state index contributed by atoms with van der Waals surface area (Å²) in [6.45, 7) is 2.40. The van der Waals surface area contributed by atoms with Gasteiger partial charge in [0.25, 0.3) is 0 Å². The second kappa shape index (κ2) is 5.54. The van der Waals surface area contributed by atoms with Gasteiger partial charge in [0.15, 0.2) is 0 Å². The topological polar surface area (TPSA) is 49.5 Å². The summed E-state index contributed by atoms with van der Waals surface area (Å²) >= 11 is 0.